The molecule has 168 valence electrons. The molecule has 1 atom stereocenters. The van der Waals surface area contributed by atoms with Crippen molar-refractivity contribution in [2.24, 2.45) is 0 Å². The van der Waals surface area contributed by atoms with E-state index in [4.69, 9.17) is 4.74 Å². The molecule has 0 aliphatic rings. The van der Waals surface area contributed by atoms with Crippen molar-refractivity contribution in [3.63, 3.8) is 0 Å². The standard InChI is InChI=1S/C22H35N3O5/c1-6-8-9-13-23-20(28)19(16-11-10-12-17(26)14-16)25(7-2)18(27)15-24-21(29)30-22(3,4)5/h10-12,14,19,26H,6-9,13,15H2,1-5H3,(H,23,28)(H,24,29). The van der Waals surface area contributed by atoms with Crippen LogP contribution in [0.25, 0.3) is 0 Å². The average molecular weight is 422 g/mol. The quantitative estimate of drug-likeness (QED) is 0.503. The molecule has 1 unspecified atom stereocenters. The van der Waals surface area contributed by atoms with Crippen LogP contribution < -0.4 is 10.6 Å². The summed E-state index contributed by atoms with van der Waals surface area (Å²) in [5.41, 5.74) is -0.185. The highest BCUT2D eigenvalue weighted by atomic mass is 16.6. The summed E-state index contributed by atoms with van der Waals surface area (Å²) in [7, 11) is 0. The van der Waals surface area contributed by atoms with E-state index < -0.39 is 23.6 Å². The molecule has 1 aromatic carbocycles. The zero-order valence-electron chi connectivity index (χ0n) is 18.7. The Kier molecular flexibility index (Phi) is 10.1. The van der Waals surface area contributed by atoms with Crippen molar-refractivity contribution in [1.29, 1.82) is 0 Å². The van der Waals surface area contributed by atoms with Gasteiger partial charge in [-0.2, -0.15) is 0 Å². The van der Waals surface area contributed by atoms with E-state index in [1.54, 1.807) is 39.8 Å². The van der Waals surface area contributed by atoms with E-state index in [0.717, 1.165) is 19.3 Å². The molecule has 8 nitrogen and oxygen atoms in total. The maximum absolute atomic E-state index is 13.0. The lowest BCUT2D eigenvalue weighted by atomic mass is 10.0. The number of rotatable bonds is 10. The summed E-state index contributed by atoms with van der Waals surface area (Å²) < 4.78 is 5.15. The van der Waals surface area contributed by atoms with Crippen LogP contribution in [0.1, 0.15) is 65.5 Å². The number of ether oxygens (including phenoxy) is 1. The van der Waals surface area contributed by atoms with Gasteiger partial charge in [0.25, 0.3) is 0 Å². The third kappa shape index (κ3) is 8.71. The third-order valence-electron chi connectivity index (χ3n) is 4.27. The second-order valence-corrected chi connectivity index (χ2v) is 8.03. The summed E-state index contributed by atoms with van der Waals surface area (Å²) in [5, 5.41) is 15.2. The van der Waals surface area contributed by atoms with Crippen LogP contribution in [0.15, 0.2) is 24.3 Å². The van der Waals surface area contributed by atoms with Crippen LogP contribution in [-0.2, 0) is 14.3 Å². The fourth-order valence-electron chi connectivity index (χ4n) is 2.92. The topological polar surface area (TPSA) is 108 Å². The van der Waals surface area contributed by atoms with Crippen molar-refractivity contribution in [1.82, 2.24) is 15.5 Å². The lowest BCUT2D eigenvalue weighted by Gasteiger charge is -2.30. The summed E-state index contributed by atoms with van der Waals surface area (Å²) in [6.07, 6.45) is 2.16. The summed E-state index contributed by atoms with van der Waals surface area (Å²) in [5.74, 6) is -0.753. The molecule has 1 rings (SSSR count). The maximum Gasteiger partial charge on any atom is 0.408 e. The number of phenolic OH excluding ortho intramolecular Hbond substituents is 1. The van der Waals surface area contributed by atoms with E-state index >= 15 is 0 Å². The fraction of sp³-hybridized carbons (Fsp3) is 0.591. The average Bonchev–Trinajstić information content (AvgIpc) is 2.66. The van der Waals surface area contributed by atoms with E-state index in [1.807, 2.05) is 0 Å². The van der Waals surface area contributed by atoms with Gasteiger partial charge in [0.2, 0.25) is 11.8 Å². The van der Waals surface area contributed by atoms with E-state index in [2.05, 4.69) is 17.6 Å². The zero-order valence-corrected chi connectivity index (χ0v) is 18.7. The highest BCUT2D eigenvalue weighted by molar-refractivity contribution is 5.90. The molecule has 0 aliphatic heterocycles. The molecule has 30 heavy (non-hydrogen) atoms. The van der Waals surface area contributed by atoms with Crippen LogP contribution in [0.5, 0.6) is 5.75 Å². The molecule has 3 N–H and O–H groups in total. The lowest BCUT2D eigenvalue weighted by molar-refractivity contribution is -0.140. The Bertz CT molecular complexity index is 715. The predicted molar refractivity (Wildman–Crippen MR) is 115 cm³/mol. The maximum atomic E-state index is 13.0. The molecule has 0 saturated carbocycles. The summed E-state index contributed by atoms with van der Waals surface area (Å²) in [4.78, 5) is 39.0. The Morgan fingerprint density at radius 2 is 1.83 bits per heavy atom. The first-order chi connectivity index (χ1) is 14.1. The van der Waals surface area contributed by atoms with Crippen LogP contribution in [-0.4, -0.2) is 53.1 Å². The number of alkyl carbamates (subject to hydrolysis) is 1. The molecular weight excluding hydrogens is 386 g/mol. The minimum Gasteiger partial charge on any atom is -0.508 e. The van der Waals surface area contributed by atoms with Crippen LogP contribution in [0, 0.1) is 0 Å². The summed E-state index contributed by atoms with van der Waals surface area (Å²) >= 11 is 0. The predicted octanol–water partition coefficient (Wildman–Crippen LogP) is 3.11. The highest BCUT2D eigenvalue weighted by Gasteiger charge is 2.30. The van der Waals surface area contributed by atoms with Gasteiger partial charge in [0, 0.05) is 13.1 Å². The van der Waals surface area contributed by atoms with Gasteiger partial charge in [-0.1, -0.05) is 31.9 Å². The van der Waals surface area contributed by atoms with E-state index in [1.165, 1.54) is 17.0 Å². The number of phenols is 1. The molecule has 0 heterocycles. The number of amides is 3. The smallest absolute Gasteiger partial charge is 0.408 e. The van der Waals surface area contributed by atoms with Gasteiger partial charge in [-0.25, -0.2) is 4.79 Å². The highest BCUT2D eigenvalue weighted by Crippen LogP contribution is 2.24. The SMILES string of the molecule is CCCCCNC(=O)C(c1cccc(O)c1)N(CC)C(=O)CNC(=O)OC(C)(C)C. The Morgan fingerprint density at radius 3 is 2.40 bits per heavy atom. The van der Waals surface area contributed by atoms with Crippen LogP contribution in [0.4, 0.5) is 4.79 Å². The Morgan fingerprint density at radius 1 is 1.13 bits per heavy atom. The molecule has 0 bridgehead atoms. The summed E-state index contributed by atoms with van der Waals surface area (Å²) in [6.45, 7) is 9.47. The van der Waals surface area contributed by atoms with Crippen molar-refractivity contribution in [3.8, 4) is 5.75 Å². The van der Waals surface area contributed by atoms with Crippen molar-refractivity contribution in [2.75, 3.05) is 19.6 Å². The van der Waals surface area contributed by atoms with Gasteiger partial charge in [-0.05, 0) is 51.8 Å². The Labute approximate surface area is 179 Å². The van der Waals surface area contributed by atoms with Crippen molar-refractivity contribution in [2.45, 2.75) is 65.5 Å². The van der Waals surface area contributed by atoms with Crippen LogP contribution in [0.3, 0.4) is 0 Å². The molecule has 0 fully saturated rings. The lowest BCUT2D eigenvalue weighted by Crippen LogP contribution is -2.47. The van der Waals surface area contributed by atoms with Crippen molar-refractivity contribution >= 4 is 17.9 Å². The van der Waals surface area contributed by atoms with E-state index in [0.29, 0.717) is 12.1 Å². The summed E-state index contributed by atoms with van der Waals surface area (Å²) in [6, 6.07) is 5.36. The monoisotopic (exact) mass is 421 g/mol. The first-order valence-corrected chi connectivity index (χ1v) is 10.4. The number of likely N-dealkylation sites (N-methyl/N-ethyl adjacent to an activating group) is 1. The normalized spacial score (nSPS) is 12.0. The van der Waals surface area contributed by atoms with E-state index in [-0.39, 0.29) is 24.7 Å². The molecular formula is C22H35N3O5. The number of hydrogen-bond donors (Lipinski definition) is 3. The van der Waals surface area contributed by atoms with Gasteiger partial charge in [-0.15, -0.1) is 0 Å². The van der Waals surface area contributed by atoms with Crippen LogP contribution >= 0.6 is 0 Å². The number of aromatic hydroxyl groups is 1. The second kappa shape index (κ2) is 12.0. The van der Waals surface area contributed by atoms with Crippen LogP contribution in [0.2, 0.25) is 0 Å². The first kappa shape index (κ1) is 25.3. The third-order valence-corrected chi connectivity index (χ3v) is 4.27. The second-order valence-electron chi connectivity index (χ2n) is 8.03. The van der Waals surface area contributed by atoms with E-state index in [9.17, 15) is 19.5 Å². The van der Waals surface area contributed by atoms with Gasteiger partial charge >= 0.3 is 6.09 Å². The fourth-order valence-corrected chi connectivity index (χ4v) is 2.92. The van der Waals surface area contributed by atoms with Gasteiger partial charge < -0.3 is 25.4 Å². The molecule has 3 amide bonds. The van der Waals surface area contributed by atoms with Crippen molar-refractivity contribution in [3.05, 3.63) is 29.8 Å². The van der Waals surface area contributed by atoms with Gasteiger partial charge in [0.15, 0.2) is 0 Å². The molecule has 0 saturated heterocycles. The minimum absolute atomic E-state index is 0.00617. The number of benzene rings is 1. The number of nitrogens with one attached hydrogen (secondary N) is 2. The molecule has 8 heteroatoms. The number of carbonyl (C=O) groups is 3. The van der Waals surface area contributed by atoms with Gasteiger partial charge in [0.1, 0.15) is 23.9 Å². The Balaban J connectivity index is 2.97. The van der Waals surface area contributed by atoms with Gasteiger partial charge in [-0.3, -0.25) is 9.59 Å². The number of carbonyl (C=O) groups excluding carboxylic acids is 3. The molecule has 1 aromatic rings. The van der Waals surface area contributed by atoms with Crippen molar-refractivity contribution < 1.29 is 24.2 Å². The molecule has 0 radical (unpaired) electrons. The van der Waals surface area contributed by atoms with Gasteiger partial charge in [0.05, 0.1) is 0 Å². The molecule has 0 spiro atoms. The number of hydrogen-bond acceptors (Lipinski definition) is 5. The largest absolute Gasteiger partial charge is 0.508 e. The number of unbranched alkanes of at least 4 members (excludes halogenated alkanes) is 2. The minimum atomic E-state index is -0.920. The molecule has 0 aromatic heterocycles. The Hall–Kier alpha value is -2.77. The first-order valence-electron chi connectivity index (χ1n) is 10.4. The number of nitrogens with zero attached hydrogens (tertiary/aromatic N) is 1. The zero-order chi connectivity index (χ0) is 22.7. The molecule has 0 aliphatic carbocycles.